The molecule has 0 amide bonds. The van der Waals surface area contributed by atoms with E-state index < -0.39 is 0 Å². The maximum absolute atomic E-state index is 5.77. The molecule has 0 atom stereocenters. The van der Waals surface area contributed by atoms with E-state index in [1.807, 2.05) is 0 Å². The lowest BCUT2D eigenvalue weighted by Gasteiger charge is -2.08. The Morgan fingerprint density at radius 1 is 1.18 bits per heavy atom. The van der Waals surface area contributed by atoms with Crippen molar-refractivity contribution in [2.24, 2.45) is 0 Å². The number of methoxy groups -OCH3 is 1. The Bertz CT molecular complexity index is 532. The monoisotopic (exact) mass is 250 g/mol. The first-order valence-electron chi connectivity index (χ1n) is 4.92. The summed E-state index contributed by atoms with van der Waals surface area (Å²) in [6.45, 7) is 0. The zero-order chi connectivity index (χ0) is 12.3. The lowest BCUT2D eigenvalue weighted by molar-refractivity contribution is 0.415. The molecule has 5 heteroatoms. The van der Waals surface area contributed by atoms with Gasteiger partial charge >= 0.3 is 0 Å². The highest BCUT2D eigenvalue weighted by atomic mass is 35.5. The van der Waals surface area contributed by atoms with E-state index in [0.29, 0.717) is 28.1 Å². The Hall–Kier alpha value is -1.94. The summed E-state index contributed by atoms with van der Waals surface area (Å²) < 4.78 is 10.6. The highest BCUT2D eigenvalue weighted by molar-refractivity contribution is 6.29. The summed E-state index contributed by atoms with van der Waals surface area (Å²) in [7, 11) is 1.56. The second-order valence-electron chi connectivity index (χ2n) is 3.32. The quantitative estimate of drug-likeness (QED) is 0.672. The zero-order valence-electron chi connectivity index (χ0n) is 9.18. The van der Waals surface area contributed by atoms with E-state index in [9.17, 15) is 0 Å². The van der Waals surface area contributed by atoms with E-state index in [1.54, 1.807) is 43.6 Å². The Morgan fingerprint density at radius 2 is 1.94 bits per heavy atom. The predicted molar refractivity (Wildman–Crippen MR) is 66.7 cm³/mol. The van der Waals surface area contributed by atoms with Crippen LogP contribution in [0.1, 0.15) is 0 Å². The van der Waals surface area contributed by atoms with E-state index in [2.05, 4.69) is 4.98 Å². The van der Waals surface area contributed by atoms with Crippen LogP contribution in [0.5, 0.6) is 17.2 Å². The fourth-order valence-electron chi connectivity index (χ4n) is 1.36. The van der Waals surface area contributed by atoms with Gasteiger partial charge in [-0.05, 0) is 18.2 Å². The molecular weight excluding hydrogens is 240 g/mol. The van der Waals surface area contributed by atoms with E-state index in [0.717, 1.165) is 0 Å². The molecule has 0 saturated carbocycles. The smallest absolute Gasteiger partial charge is 0.142 e. The SMILES string of the molecule is COc1ccc(Oc2ccnc(Cl)c2)cc1N. The van der Waals surface area contributed by atoms with Gasteiger partial charge in [0.05, 0.1) is 12.8 Å². The number of hydrogen-bond donors (Lipinski definition) is 1. The summed E-state index contributed by atoms with van der Waals surface area (Å²) in [6.07, 6.45) is 1.57. The molecule has 0 radical (unpaired) electrons. The van der Waals surface area contributed by atoms with Crippen LogP contribution < -0.4 is 15.2 Å². The maximum Gasteiger partial charge on any atom is 0.142 e. The Labute approximate surface area is 104 Å². The fraction of sp³-hybridized carbons (Fsp3) is 0.0833. The van der Waals surface area contributed by atoms with Gasteiger partial charge in [0.1, 0.15) is 22.4 Å². The third-order valence-corrected chi connectivity index (χ3v) is 2.34. The molecule has 2 rings (SSSR count). The molecule has 0 aliphatic rings. The van der Waals surface area contributed by atoms with Crippen molar-refractivity contribution in [2.45, 2.75) is 0 Å². The number of hydrogen-bond acceptors (Lipinski definition) is 4. The van der Waals surface area contributed by atoms with Gasteiger partial charge in [-0.2, -0.15) is 0 Å². The number of nitrogen functional groups attached to an aromatic ring is 1. The fourth-order valence-corrected chi connectivity index (χ4v) is 1.52. The molecule has 0 aliphatic heterocycles. The molecule has 1 aromatic carbocycles. The summed E-state index contributed by atoms with van der Waals surface area (Å²) in [6, 6.07) is 8.54. The van der Waals surface area contributed by atoms with Crippen molar-refractivity contribution in [1.82, 2.24) is 4.98 Å². The molecule has 0 bridgehead atoms. The van der Waals surface area contributed by atoms with E-state index in [4.69, 9.17) is 26.8 Å². The van der Waals surface area contributed by atoms with Gasteiger partial charge in [-0.25, -0.2) is 4.98 Å². The second kappa shape index (κ2) is 4.93. The van der Waals surface area contributed by atoms with Crippen LogP contribution in [0.15, 0.2) is 36.5 Å². The Balaban J connectivity index is 2.22. The summed E-state index contributed by atoms with van der Waals surface area (Å²) >= 11 is 5.75. The first-order chi connectivity index (χ1) is 8.19. The molecule has 0 spiro atoms. The number of pyridine rings is 1. The molecule has 0 aliphatic carbocycles. The third-order valence-electron chi connectivity index (χ3n) is 2.13. The molecule has 88 valence electrons. The average molecular weight is 251 g/mol. The maximum atomic E-state index is 5.77. The minimum absolute atomic E-state index is 0.379. The average Bonchev–Trinajstić information content (AvgIpc) is 2.29. The number of nitrogens with zero attached hydrogens (tertiary/aromatic N) is 1. The van der Waals surface area contributed by atoms with Gasteiger partial charge in [0, 0.05) is 18.3 Å². The van der Waals surface area contributed by atoms with Gasteiger partial charge in [0.15, 0.2) is 0 Å². The lowest BCUT2D eigenvalue weighted by Crippen LogP contribution is -1.93. The summed E-state index contributed by atoms with van der Waals surface area (Å²) in [5.41, 5.74) is 6.29. The number of benzene rings is 1. The zero-order valence-corrected chi connectivity index (χ0v) is 9.94. The number of anilines is 1. The van der Waals surface area contributed by atoms with Gasteiger partial charge < -0.3 is 15.2 Å². The van der Waals surface area contributed by atoms with Crippen LogP contribution >= 0.6 is 11.6 Å². The lowest BCUT2D eigenvalue weighted by atomic mass is 10.3. The van der Waals surface area contributed by atoms with Crippen molar-refractivity contribution < 1.29 is 9.47 Å². The van der Waals surface area contributed by atoms with Crippen LogP contribution in [0.4, 0.5) is 5.69 Å². The molecule has 2 aromatic rings. The molecule has 1 aromatic heterocycles. The van der Waals surface area contributed by atoms with Gasteiger partial charge in [-0.15, -0.1) is 0 Å². The van der Waals surface area contributed by atoms with Crippen molar-refractivity contribution >= 4 is 17.3 Å². The third kappa shape index (κ3) is 2.79. The van der Waals surface area contributed by atoms with E-state index in [1.165, 1.54) is 0 Å². The molecule has 4 nitrogen and oxygen atoms in total. The molecule has 0 saturated heterocycles. The second-order valence-corrected chi connectivity index (χ2v) is 3.71. The van der Waals surface area contributed by atoms with E-state index >= 15 is 0 Å². The Kier molecular flexibility index (Phi) is 3.35. The van der Waals surface area contributed by atoms with Crippen molar-refractivity contribution in [3.05, 3.63) is 41.7 Å². The minimum Gasteiger partial charge on any atom is -0.495 e. The van der Waals surface area contributed by atoms with E-state index in [-0.39, 0.29) is 0 Å². The summed E-state index contributed by atoms with van der Waals surface area (Å²) in [5, 5.41) is 0.379. The number of aromatic nitrogens is 1. The highest BCUT2D eigenvalue weighted by Gasteiger charge is 2.03. The largest absolute Gasteiger partial charge is 0.495 e. The minimum atomic E-state index is 0.379. The van der Waals surface area contributed by atoms with Gasteiger partial charge in [0.25, 0.3) is 0 Å². The van der Waals surface area contributed by atoms with Crippen LogP contribution in [-0.4, -0.2) is 12.1 Å². The first kappa shape index (κ1) is 11.5. The topological polar surface area (TPSA) is 57.4 Å². The molecule has 2 N–H and O–H groups in total. The molecule has 0 unspecified atom stereocenters. The van der Waals surface area contributed by atoms with Crippen LogP contribution in [0.3, 0.4) is 0 Å². The van der Waals surface area contributed by atoms with Gasteiger partial charge in [0.2, 0.25) is 0 Å². The van der Waals surface area contributed by atoms with Crippen molar-refractivity contribution in [1.29, 1.82) is 0 Å². The van der Waals surface area contributed by atoms with Crippen molar-refractivity contribution in [3.63, 3.8) is 0 Å². The summed E-state index contributed by atoms with van der Waals surface area (Å²) in [4.78, 5) is 3.87. The van der Waals surface area contributed by atoms with Crippen LogP contribution in [0, 0.1) is 0 Å². The highest BCUT2D eigenvalue weighted by Crippen LogP contribution is 2.29. The van der Waals surface area contributed by atoms with Crippen LogP contribution in [0.25, 0.3) is 0 Å². The number of rotatable bonds is 3. The molecule has 1 heterocycles. The molecular formula is C12H11ClN2O2. The number of halogens is 1. The number of nitrogens with two attached hydrogens (primary N) is 1. The number of ether oxygens (including phenoxy) is 2. The standard InChI is InChI=1S/C12H11ClN2O2/c1-16-11-3-2-8(6-10(11)14)17-9-4-5-15-12(13)7-9/h2-7H,14H2,1H3. The first-order valence-corrected chi connectivity index (χ1v) is 5.30. The van der Waals surface area contributed by atoms with Gasteiger partial charge in [-0.1, -0.05) is 11.6 Å². The van der Waals surface area contributed by atoms with Crippen LogP contribution in [-0.2, 0) is 0 Å². The predicted octanol–water partition coefficient (Wildman–Crippen LogP) is 3.12. The summed E-state index contributed by atoms with van der Waals surface area (Å²) in [5.74, 6) is 1.84. The van der Waals surface area contributed by atoms with Gasteiger partial charge in [-0.3, -0.25) is 0 Å². The molecule has 0 fully saturated rings. The molecule has 17 heavy (non-hydrogen) atoms. The Morgan fingerprint density at radius 3 is 2.59 bits per heavy atom. The van der Waals surface area contributed by atoms with Crippen molar-refractivity contribution in [2.75, 3.05) is 12.8 Å². The normalized spacial score (nSPS) is 10.0. The van der Waals surface area contributed by atoms with Crippen LogP contribution in [0.2, 0.25) is 5.15 Å². The van der Waals surface area contributed by atoms with Crippen molar-refractivity contribution in [3.8, 4) is 17.2 Å².